The summed E-state index contributed by atoms with van der Waals surface area (Å²) in [5.74, 6) is -0.00856. The number of hydrogen-bond donors (Lipinski definition) is 2. The molecule has 1 rings (SSSR count). The van der Waals surface area contributed by atoms with Crippen molar-refractivity contribution < 1.29 is 9.53 Å². The fraction of sp³-hybridized carbons (Fsp3) is 0.727. The minimum Gasteiger partial charge on any atom is -0.379 e. The van der Waals surface area contributed by atoms with Crippen molar-refractivity contribution in [3.8, 4) is 0 Å². The van der Waals surface area contributed by atoms with Crippen LogP contribution in [0.1, 0.15) is 13.8 Å². The molecule has 1 aliphatic heterocycles. The lowest BCUT2D eigenvalue weighted by Crippen LogP contribution is -2.44. The van der Waals surface area contributed by atoms with Gasteiger partial charge < -0.3 is 15.4 Å². The molecule has 1 aliphatic rings. The molecule has 0 aromatic heterocycles. The predicted molar refractivity (Wildman–Crippen MR) is 59.6 cm³/mol. The lowest BCUT2D eigenvalue weighted by molar-refractivity contribution is -0.125. The molecule has 1 heterocycles. The van der Waals surface area contributed by atoms with Crippen LogP contribution < -0.4 is 10.6 Å². The van der Waals surface area contributed by atoms with Gasteiger partial charge in [-0.2, -0.15) is 0 Å². The maximum atomic E-state index is 11.8. The zero-order valence-electron chi connectivity index (χ0n) is 9.51. The van der Waals surface area contributed by atoms with E-state index in [1.807, 2.05) is 13.8 Å². The molecule has 4 heteroatoms. The van der Waals surface area contributed by atoms with Gasteiger partial charge in [-0.05, 0) is 13.5 Å². The van der Waals surface area contributed by atoms with Crippen LogP contribution in [0.3, 0.4) is 0 Å². The van der Waals surface area contributed by atoms with Gasteiger partial charge in [-0.3, -0.25) is 4.79 Å². The fourth-order valence-corrected chi connectivity index (χ4v) is 1.65. The summed E-state index contributed by atoms with van der Waals surface area (Å²) in [6.07, 6.45) is 0. The summed E-state index contributed by atoms with van der Waals surface area (Å²) in [5, 5.41) is 6.11. The highest BCUT2D eigenvalue weighted by molar-refractivity contribution is 5.80. The fourth-order valence-electron chi connectivity index (χ4n) is 1.65. The van der Waals surface area contributed by atoms with Gasteiger partial charge in [0.1, 0.15) is 0 Å². The summed E-state index contributed by atoms with van der Waals surface area (Å²) in [7, 11) is 0. The first kappa shape index (κ1) is 12.2. The molecule has 0 aliphatic carbocycles. The van der Waals surface area contributed by atoms with Gasteiger partial charge in [0, 0.05) is 12.6 Å². The van der Waals surface area contributed by atoms with Gasteiger partial charge in [-0.25, -0.2) is 0 Å². The van der Waals surface area contributed by atoms with Crippen molar-refractivity contribution in [3.63, 3.8) is 0 Å². The van der Waals surface area contributed by atoms with Crippen molar-refractivity contribution in [3.05, 3.63) is 12.2 Å². The van der Waals surface area contributed by atoms with Crippen molar-refractivity contribution in [2.45, 2.75) is 19.9 Å². The number of carbonyl (C=O) groups excluding carboxylic acids is 1. The van der Waals surface area contributed by atoms with Crippen LogP contribution in [-0.4, -0.2) is 38.3 Å². The molecular weight excluding hydrogens is 192 g/mol. The Morgan fingerprint density at radius 3 is 2.87 bits per heavy atom. The van der Waals surface area contributed by atoms with Crippen molar-refractivity contribution in [2.75, 3.05) is 26.3 Å². The molecule has 2 N–H and O–H groups in total. The van der Waals surface area contributed by atoms with Crippen molar-refractivity contribution in [2.24, 2.45) is 5.92 Å². The Hall–Kier alpha value is -0.870. The topological polar surface area (TPSA) is 50.4 Å². The number of likely N-dealkylation sites (N-methyl/N-ethyl adjacent to an activating group) is 1. The molecule has 1 amide bonds. The van der Waals surface area contributed by atoms with Gasteiger partial charge in [0.15, 0.2) is 0 Å². The highest BCUT2D eigenvalue weighted by Crippen LogP contribution is 2.13. The SMILES string of the molecule is C=C(C)CNC(=O)C1COCC1NCC. The first-order valence-electron chi connectivity index (χ1n) is 5.38. The zero-order chi connectivity index (χ0) is 11.3. The quantitative estimate of drug-likeness (QED) is 0.645. The first-order chi connectivity index (χ1) is 7.15. The highest BCUT2D eigenvalue weighted by Gasteiger charge is 2.32. The molecule has 2 unspecified atom stereocenters. The van der Waals surface area contributed by atoms with Crippen LogP contribution in [0.2, 0.25) is 0 Å². The summed E-state index contributed by atoms with van der Waals surface area (Å²) >= 11 is 0. The maximum absolute atomic E-state index is 11.8. The molecule has 0 saturated carbocycles. The minimum atomic E-state index is -0.0655. The molecule has 1 saturated heterocycles. The minimum absolute atomic E-state index is 0.0569. The summed E-state index contributed by atoms with van der Waals surface area (Å²) in [6.45, 7) is 10.2. The van der Waals surface area contributed by atoms with E-state index >= 15 is 0 Å². The normalized spacial score (nSPS) is 25.2. The van der Waals surface area contributed by atoms with E-state index in [0.29, 0.717) is 19.8 Å². The van der Waals surface area contributed by atoms with Gasteiger partial charge in [0.05, 0.1) is 19.1 Å². The Morgan fingerprint density at radius 1 is 1.53 bits per heavy atom. The molecule has 15 heavy (non-hydrogen) atoms. The molecule has 86 valence electrons. The van der Waals surface area contributed by atoms with Gasteiger partial charge >= 0.3 is 0 Å². The van der Waals surface area contributed by atoms with Crippen LogP contribution in [-0.2, 0) is 9.53 Å². The van der Waals surface area contributed by atoms with E-state index < -0.39 is 0 Å². The van der Waals surface area contributed by atoms with Gasteiger partial charge in [0.25, 0.3) is 0 Å². The molecule has 0 aromatic rings. The van der Waals surface area contributed by atoms with E-state index in [1.54, 1.807) is 0 Å². The Labute approximate surface area is 91.1 Å². The predicted octanol–water partition coefficient (Wildman–Crippen LogP) is 0.303. The summed E-state index contributed by atoms with van der Waals surface area (Å²) in [4.78, 5) is 11.8. The van der Waals surface area contributed by atoms with Crippen LogP contribution in [0.4, 0.5) is 0 Å². The van der Waals surface area contributed by atoms with Crippen molar-refractivity contribution in [1.82, 2.24) is 10.6 Å². The van der Waals surface area contributed by atoms with Gasteiger partial charge in [-0.1, -0.05) is 19.1 Å². The number of amides is 1. The van der Waals surface area contributed by atoms with Gasteiger partial charge in [-0.15, -0.1) is 0 Å². The first-order valence-corrected chi connectivity index (χ1v) is 5.38. The zero-order valence-corrected chi connectivity index (χ0v) is 9.51. The van der Waals surface area contributed by atoms with E-state index in [-0.39, 0.29) is 17.9 Å². The van der Waals surface area contributed by atoms with E-state index in [2.05, 4.69) is 17.2 Å². The van der Waals surface area contributed by atoms with E-state index in [0.717, 1.165) is 12.1 Å². The molecule has 2 atom stereocenters. The van der Waals surface area contributed by atoms with Crippen LogP contribution in [0, 0.1) is 5.92 Å². The van der Waals surface area contributed by atoms with E-state index in [9.17, 15) is 4.79 Å². The molecule has 1 fully saturated rings. The van der Waals surface area contributed by atoms with Crippen LogP contribution >= 0.6 is 0 Å². The smallest absolute Gasteiger partial charge is 0.227 e. The van der Waals surface area contributed by atoms with Gasteiger partial charge in [0.2, 0.25) is 5.91 Å². The second-order valence-electron chi connectivity index (χ2n) is 3.98. The van der Waals surface area contributed by atoms with Crippen LogP contribution in [0.5, 0.6) is 0 Å². The standard InChI is InChI=1S/C11H20N2O2/c1-4-12-10-7-15-6-9(10)11(14)13-5-8(2)3/h9-10,12H,2,4-7H2,1,3H3,(H,13,14). The second-order valence-corrected chi connectivity index (χ2v) is 3.98. The summed E-state index contributed by atoms with van der Waals surface area (Å²) in [6, 6.07) is 0.153. The third-order valence-electron chi connectivity index (χ3n) is 2.45. The molecule has 0 aromatic carbocycles. The Kier molecular flexibility index (Phi) is 4.78. The molecule has 0 spiro atoms. The van der Waals surface area contributed by atoms with Crippen molar-refractivity contribution >= 4 is 5.91 Å². The number of hydrogen-bond acceptors (Lipinski definition) is 3. The molecule has 0 radical (unpaired) electrons. The largest absolute Gasteiger partial charge is 0.379 e. The lowest BCUT2D eigenvalue weighted by Gasteiger charge is -2.17. The highest BCUT2D eigenvalue weighted by atomic mass is 16.5. The average molecular weight is 212 g/mol. The molecular formula is C11H20N2O2. The third-order valence-corrected chi connectivity index (χ3v) is 2.45. The van der Waals surface area contributed by atoms with Crippen LogP contribution in [0.25, 0.3) is 0 Å². The Balaban J connectivity index is 2.40. The second kappa shape index (κ2) is 5.88. The molecule has 0 bridgehead atoms. The number of carbonyl (C=O) groups is 1. The van der Waals surface area contributed by atoms with E-state index in [4.69, 9.17) is 4.74 Å². The lowest BCUT2D eigenvalue weighted by atomic mass is 10.0. The summed E-state index contributed by atoms with van der Waals surface area (Å²) in [5.41, 5.74) is 0.960. The average Bonchev–Trinajstić information content (AvgIpc) is 2.63. The number of nitrogens with one attached hydrogen (secondary N) is 2. The number of rotatable bonds is 5. The van der Waals surface area contributed by atoms with Crippen LogP contribution in [0.15, 0.2) is 12.2 Å². The Bertz CT molecular complexity index is 241. The summed E-state index contributed by atoms with van der Waals surface area (Å²) < 4.78 is 5.30. The van der Waals surface area contributed by atoms with E-state index in [1.165, 1.54) is 0 Å². The van der Waals surface area contributed by atoms with Crippen molar-refractivity contribution in [1.29, 1.82) is 0 Å². The number of ether oxygens (including phenoxy) is 1. The Morgan fingerprint density at radius 2 is 2.27 bits per heavy atom. The monoisotopic (exact) mass is 212 g/mol. The third kappa shape index (κ3) is 3.64. The maximum Gasteiger partial charge on any atom is 0.227 e. The molecule has 4 nitrogen and oxygen atoms in total.